The second-order valence-electron chi connectivity index (χ2n) is 4.73. The van der Waals surface area contributed by atoms with Crippen molar-refractivity contribution in [2.24, 2.45) is 0 Å². The second-order valence-corrected chi connectivity index (χ2v) is 5.64. The minimum Gasteiger partial charge on any atom is -0.289 e. The molecule has 0 unspecified atom stereocenters. The zero-order valence-electron chi connectivity index (χ0n) is 9.98. The standard InChI is InChI=1S/C17H9BrO/c18-10-8-14-12-5-2-1-4-11(12)13-6-3-7-16(19)17(13)15(14)9-10/h1-9H. The molecule has 0 fully saturated rings. The van der Waals surface area contributed by atoms with E-state index in [9.17, 15) is 4.79 Å². The van der Waals surface area contributed by atoms with Gasteiger partial charge < -0.3 is 0 Å². The third kappa shape index (κ3) is 1.44. The Bertz CT molecular complexity index is 930. The highest BCUT2D eigenvalue weighted by Crippen LogP contribution is 2.23. The Morgan fingerprint density at radius 1 is 0.947 bits per heavy atom. The predicted octanol–water partition coefficient (Wildman–Crippen LogP) is 2.90. The van der Waals surface area contributed by atoms with Crippen molar-refractivity contribution < 1.29 is 4.79 Å². The van der Waals surface area contributed by atoms with E-state index < -0.39 is 0 Å². The number of ketones is 1. The summed E-state index contributed by atoms with van der Waals surface area (Å²) in [7, 11) is 0. The highest BCUT2D eigenvalue weighted by molar-refractivity contribution is 9.12. The summed E-state index contributed by atoms with van der Waals surface area (Å²) in [6.45, 7) is 0. The Morgan fingerprint density at radius 2 is 1.68 bits per heavy atom. The van der Waals surface area contributed by atoms with Crippen molar-refractivity contribution >= 4 is 50.7 Å². The molecule has 2 aliphatic rings. The maximum absolute atomic E-state index is 12.2. The summed E-state index contributed by atoms with van der Waals surface area (Å²) in [5, 5.41) is 4.51. The molecular formula is C17H9BrO. The number of hydrogen-bond acceptors (Lipinski definition) is 1. The molecule has 19 heavy (non-hydrogen) atoms. The molecule has 0 radical (unpaired) electrons. The molecule has 2 aromatic carbocycles. The molecule has 0 heterocycles. The van der Waals surface area contributed by atoms with Crippen LogP contribution in [0.2, 0.25) is 0 Å². The smallest absolute Gasteiger partial charge is 0.187 e. The Morgan fingerprint density at radius 3 is 2.47 bits per heavy atom. The highest BCUT2D eigenvalue weighted by Gasteiger charge is 2.19. The summed E-state index contributed by atoms with van der Waals surface area (Å²) in [6.07, 6.45) is 9.62. The van der Waals surface area contributed by atoms with Gasteiger partial charge in [-0.05, 0) is 45.0 Å². The number of hydrogen-bond donors (Lipinski definition) is 0. The van der Waals surface area contributed by atoms with Gasteiger partial charge in [0.15, 0.2) is 5.78 Å². The van der Waals surface area contributed by atoms with Gasteiger partial charge in [-0.1, -0.05) is 52.3 Å². The first-order valence-corrected chi connectivity index (χ1v) is 6.91. The van der Waals surface area contributed by atoms with Gasteiger partial charge >= 0.3 is 0 Å². The van der Waals surface area contributed by atoms with E-state index in [4.69, 9.17) is 0 Å². The minimum absolute atomic E-state index is 0.0892. The second kappa shape index (κ2) is 3.78. The number of carbonyl (C=O) groups is 1. The first-order valence-electron chi connectivity index (χ1n) is 6.12. The molecule has 0 aromatic heterocycles. The Kier molecular flexibility index (Phi) is 2.18. The van der Waals surface area contributed by atoms with E-state index in [0.717, 1.165) is 31.4 Å². The fourth-order valence-electron chi connectivity index (χ4n) is 2.89. The summed E-state index contributed by atoms with van der Waals surface area (Å²) in [6, 6.07) is 8.25. The number of benzene rings is 2. The van der Waals surface area contributed by atoms with Crippen molar-refractivity contribution in [2.45, 2.75) is 0 Å². The van der Waals surface area contributed by atoms with Gasteiger partial charge in [0.2, 0.25) is 0 Å². The van der Waals surface area contributed by atoms with Crippen LogP contribution in [0.4, 0.5) is 0 Å². The average Bonchev–Trinajstić information content (AvgIpc) is 2.81. The molecule has 1 nitrogen and oxygen atoms in total. The van der Waals surface area contributed by atoms with Crippen LogP contribution < -0.4 is 10.4 Å². The Labute approximate surface area is 118 Å². The molecule has 0 amide bonds. The molecule has 4 rings (SSSR count). The molecule has 2 heteroatoms. The van der Waals surface area contributed by atoms with Gasteiger partial charge in [-0.15, -0.1) is 0 Å². The van der Waals surface area contributed by atoms with E-state index in [-0.39, 0.29) is 5.78 Å². The van der Waals surface area contributed by atoms with Crippen molar-refractivity contribution in [3.8, 4) is 0 Å². The molecular weight excluding hydrogens is 300 g/mol. The summed E-state index contributed by atoms with van der Waals surface area (Å²) in [5.41, 5.74) is 1.85. The topological polar surface area (TPSA) is 17.1 Å². The maximum Gasteiger partial charge on any atom is 0.187 e. The van der Waals surface area contributed by atoms with Crippen LogP contribution in [0.25, 0.3) is 29.0 Å². The lowest BCUT2D eigenvalue weighted by Crippen LogP contribution is -2.25. The molecule has 2 aliphatic carbocycles. The number of rotatable bonds is 0. The van der Waals surface area contributed by atoms with Crippen LogP contribution in [-0.4, -0.2) is 5.78 Å². The normalized spacial score (nSPS) is 15.6. The summed E-state index contributed by atoms with van der Waals surface area (Å²) < 4.78 is 1.02. The lowest BCUT2D eigenvalue weighted by Gasteiger charge is -2.11. The molecule has 0 aliphatic heterocycles. The third-order valence-corrected chi connectivity index (χ3v) is 4.12. The molecule has 0 bridgehead atoms. The first-order chi connectivity index (χ1) is 9.25. The van der Waals surface area contributed by atoms with Gasteiger partial charge in [-0.2, -0.15) is 0 Å². The van der Waals surface area contributed by atoms with Gasteiger partial charge in [-0.3, -0.25) is 4.79 Å². The van der Waals surface area contributed by atoms with Crippen LogP contribution in [0, 0.1) is 0 Å². The van der Waals surface area contributed by atoms with Gasteiger partial charge in [0.25, 0.3) is 0 Å². The molecule has 90 valence electrons. The highest BCUT2D eigenvalue weighted by atomic mass is 79.9. The maximum atomic E-state index is 12.2. The molecule has 0 saturated heterocycles. The van der Waals surface area contributed by atoms with E-state index >= 15 is 0 Å². The summed E-state index contributed by atoms with van der Waals surface area (Å²) in [5.74, 6) is 0.0892. The van der Waals surface area contributed by atoms with Crippen molar-refractivity contribution in [1.82, 2.24) is 0 Å². The third-order valence-electron chi connectivity index (χ3n) is 3.66. The van der Waals surface area contributed by atoms with Crippen LogP contribution >= 0.6 is 15.9 Å². The molecule has 0 N–H and O–H groups in total. The van der Waals surface area contributed by atoms with Crippen LogP contribution in [0.5, 0.6) is 0 Å². The molecule has 2 aromatic rings. The number of carbonyl (C=O) groups excluding carboxylic acids is 1. The number of allylic oxidation sites excluding steroid dienone is 3. The molecule has 0 saturated carbocycles. The van der Waals surface area contributed by atoms with Gasteiger partial charge in [-0.25, -0.2) is 0 Å². The number of fused-ring (bicyclic) bond motifs is 6. The SMILES string of the molecule is O=C1C=CC=c2c1c1c(c3ccccc23)=CC(Br)=C1. The zero-order valence-corrected chi connectivity index (χ0v) is 11.6. The fourth-order valence-corrected chi connectivity index (χ4v) is 3.35. The quantitative estimate of drug-likeness (QED) is 0.731. The van der Waals surface area contributed by atoms with E-state index in [1.807, 2.05) is 30.4 Å². The van der Waals surface area contributed by atoms with Crippen molar-refractivity contribution in [3.63, 3.8) is 0 Å². The number of halogens is 1. The van der Waals surface area contributed by atoms with Crippen molar-refractivity contribution in [2.75, 3.05) is 0 Å². The van der Waals surface area contributed by atoms with Crippen LogP contribution in [0.3, 0.4) is 0 Å². The predicted molar refractivity (Wildman–Crippen MR) is 82.5 cm³/mol. The molecule has 0 atom stereocenters. The lowest BCUT2D eigenvalue weighted by molar-refractivity contribution is 0.104. The van der Waals surface area contributed by atoms with Crippen LogP contribution in [0.1, 0.15) is 15.9 Å². The van der Waals surface area contributed by atoms with Gasteiger partial charge in [0.05, 0.1) is 0 Å². The molecule has 0 spiro atoms. The minimum atomic E-state index is 0.0892. The van der Waals surface area contributed by atoms with Crippen LogP contribution in [0.15, 0.2) is 40.9 Å². The Balaban J connectivity index is 2.37. The largest absolute Gasteiger partial charge is 0.289 e. The zero-order chi connectivity index (χ0) is 13.0. The summed E-state index contributed by atoms with van der Waals surface area (Å²) >= 11 is 3.52. The van der Waals surface area contributed by atoms with E-state index in [1.54, 1.807) is 6.08 Å². The average molecular weight is 309 g/mol. The Hall–Kier alpha value is -1.93. The first kappa shape index (κ1) is 10.9. The van der Waals surface area contributed by atoms with Crippen molar-refractivity contribution in [1.29, 1.82) is 0 Å². The van der Waals surface area contributed by atoms with E-state index in [2.05, 4.69) is 34.1 Å². The van der Waals surface area contributed by atoms with Gasteiger partial charge in [0, 0.05) is 10.0 Å². The summed E-state index contributed by atoms with van der Waals surface area (Å²) in [4.78, 5) is 12.2. The van der Waals surface area contributed by atoms with Crippen LogP contribution in [-0.2, 0) is 0 Å². The van der Waals surface area contributed by atoms with Crippen molar-refractivity contribution in [3.05, 3.63) is 62.5 Å². The lowest BCUT2D eigenvalue weighted by atomic mass is 9.91. The van der Waals surface area contributed by atoms with Gasteiger partial charge in [0.1, 0.15) is 0 Å². The fraction of sp³-hybridized carbons (Fsp3) is 0. The monoisotopic (exact) mass is 308 g/mol. The van der Waals surface area contributed by atoms with E-state index in [0.29, 0.717) is 0 Å². The van der Waals surface area contributed by atoms with E-state index in [1.165, 1.54) is 5.39 Å².